The number of hydrogen-bond acceptors (Lipinski definition) is 4. The normalized spacial score (nSPS) is 22.0. The summed E-state index contributed by atoms with van der Waals surface area (Å²) in [6.07, 6.45) is 10.2. The van der Waals surface area contributed by atoms with Crippen molar-refractivity contribution in [2.24, 2.45) is 5.92 Å². The molecule has 3 aromatic rings. The van der Waals surface area contributed by atoms with Crippen molar-refractivity contribution in [3.05, 3.63) is 75.5 Å². The van der Waals surface area contributed by atoms with Crippen molar-refractivity contribution in [1.29, 1.82) is 0 Å². The molecule has 1 unspecified atom stereocenters. The Hall–Kier alpha value is -2.53. The van der Waals surface area contributed by atoms with Crippen LogP contribution in [0.5, 0.6) is 0 Å². The maximum atomic E-state index is 12.7. The molecule has 5 heteroatoms. The molecule has 0 spiro atoms. The van der Waals surface area contributed by atoms with Gasteiger partial charge in [-0.3, -0.25) is 14.9 Å². The van der Waals surface area contributed by atoms with E-state index < -0.39 is 0 Å². The fourth-order valence-corrected chi connectivity index (χ4v) is 4.82. The van der Waals surface area contributed by atoms with E-state index in [4.69, 9.17) is 0 Å². The Kier molecular flexibility index (Phi) is 3.64. The number of fused-ring (bicyclic) bond motifs is 1. The van der Waals surface area contributed by atoms with Crippen LogP contribution in [-0.2, 0) is 11.8 Å². The summed E-state index contributed by atoms with van der Waals surface area (Å²) in [7, 11) is 0. The van der Waals surface area contributed by atoms with E-state index in [-0.39, 0.29) is 17.1 Å². The lowest BCUT2D eigenvalue weighted by Crippen LogP contribution is -2.30. The summed E-state index contributed by atoms with van der Waals surface area (Å²) in [5.41, 5.74) is 5.46. The summed E-state index contributed by atoms with van der Waals surface area (Å²) < 4.78 is 0. The zero-order valence-electron chi connectivity index (χ0n) is 14.3. The first-order chi connectivity index (χ1) is 12.8. The van der Waals surface area contributed by atoms with Gasteiger partial charge in [-0.15, -0.1) is 11.3 Å². The number of thiazole rings is 1. The number of benzene rings is 1. The van der Waals surface area contributed by atoms with E-state index in [1.165, 1.54) is 10.4 Å². The average molecular weight is 361 g/mol. The first-order valence-electron chi connectivity index (χ1n) is 9.03. The van der Waals surface area contributed by atoms with E-state index in [1.807, 2.05) is 17.8 Å². The Balaban J connectivity index is 1.59. The summed E-state index contributed by atoms with van der Waals surface area (Å²) in [5.74, 6) is 0.363. The largest absolute Gasteiger partial charge is 0.292 e. The van der Waals surface area contributed by atoms with Crippen molar-refractivity contribution in [2.45, 2.75) is 31.1 Å². The summed E-state index contributed by atoms with van der Waals surface area (Å²) in [6, 6.07) is 10.5. The van der Waals surface area contributed by atoms with Crippen LogP contribution < -0.4 is 0 Å². The zero-order valence-corrected chi connectivity index (χ0v) is 15.1. The molecule has 26 heavy (non-hydrogen) atoms. The highest BCUT2D eigenvalue weighted by molar-refractivity contribution is 7.09. The third-order valence-corrected chi connectivity index (χ3v) is 6.69. The van der Waals surface area contributed by atoms with Crippen LogP contribution in [0.3, 0.4) is 0 Å². The van der Waals surface area contributed by atoms with E-state index in [0.717, 1.165) is 36.9 Å². The van der Waals surface area contributed by atoms with Gasteiger partial charge in [0.15, 0.2) is 5.78 Å². The average Bonchev–Trinajstić information content (AvgIpc) is 3.30. The SMILES string of the molecule is O=C(c1n[nH]c2c1C=CC(c1ccccc1)(c1cncs1)C2)C1CCC1. The van der Waals surface area contributed by atoms with Crippen LogP contribution in [0.2, 0.25) is 0 Å². The third kappa shape index (κ3) is 2.31. The topological polar surface area (TPSA) is 58.6 Å². The Morgan fingerprint density at radius 2 is 2.08 bits per heavy atom. The van der Waals surface area contributed by atoms with Crippen molar-refractivity contribution >= 4 is 23.2 Å². The minimum Gasteiger partial charge on any atom is -0.292 e. The second kappa shape index (κ2) is 6.02. The van der Waals surface area contributed by atoms with Gasteiger partial charge in [0.1, 0.15) is 5.69 Å². The number of carbonyl (C=O) groups is 1. The van der Waals surface area contributed by atoms with Gasteiger partial charge in [-0.1, -0.05) is 48.9 Å². The molecule has 1 N–H and O–H groups in total. The molecular weight excluding hydrogens is 342 g/mol. The van der Waals surface area contributed by atoms with Crippen molar-refractivity contribution in [3.63, 3.8) is 0 Å². The highest BCUT2D eigenvalue weighted by atomic mass is 32.1. The van der Waals surface area contributed by atoms with Crippen molar-refractivity contribution in [3.8, 4) is 0 Å². The van der Waals surface area contributed by atoms with Gasteiger partial charge in [0.05, 0.1) is 10.9 Å². The minimum atomic E-state index is -0.265. The highest BCUT2D eigenvalue weighted by Gasteiger charge is 2.39. The first kappa shape index (κ1) is 15.7. The van der Waals surface area contributed by atoms with Crippen molar-refractivity contribution in [2.75, 3.05) is 0 Å². The molecule has 1 saturated carbocycles. The quantitative estimate of drug-likeness (QED) is 0.701. The molecule has 2 aromatic heterocycles. The molecule has 0 bridgehead atoms. The maximum Gasteiger partial charge on any atom is 0.186 e. The van der Waals surface area contributed by atoms with Gasteiger partial charge in [-0.25, -0.2) is 0 Å². The number of ketones is 1. The van der Waals surface area contributed by atoms with Crippen LogP contribution in [0, 0.1) is 5.92 Å². The summed E-state index contributed by atoms with van der Waals surface area (Å²) in [4.78, 5) is 18.2. The number of Topliss-reactive ketones (excluding diaryl/α,β-unsaturated/α-hetero) is 1. The molecule has 1 atom stereocenters. The van der Waals surface area contributed by atoms with E-state index in [2.05, 4.69) is 51.6 Å². The molecule has 4 nitrogen and oxygen atoms in total. The van der Waals surface area contributed by atoms with E-state index in [1.54, 1.807) is 11.3 Å². The molecule has 0 aliphatic heterocycles. The second-order valence-corrected chi connectivity index (χ2v) is 8.06. The molecule has 0 radical (unpaired) electrons. The van der Waals surface area contributed by atoms with Crippen molar-refractivity contribution < 1.29 is 4.79 Å². The van der Waals surface area contributed by atoms with Gasteiger partial charge < -0.3 is 0 Å². The van der Waals surface area contributed by atoms with E-state index in [0.29, 0.717) is 5.69 Å². The number of hydrogen-bond donors (Lipinski definition) is 1. The van der Waals surface area contributed by atoms with Crippen LogP contribution in [0.25, 0.3) is 6.08 Å². The Labute approximate surface area is 156 Å². The lowest BCUT2D eigenvalue weighted by molar-refractivity contribution is 0.0849. The number of nitrogens with zero attached hydrogens (tertiary/aromatic N) is 2. The number of aromatic amines is 1. The number of allylic oxidation sites excluding steroid dienone is 1. The lowest BCUT2D eigenvalue weighted by Gasteiger charge is -2.32. The molecule has 2 aliphatic carbocycles. The van der Waals surface area contributed by atoms with Crippen LogP contribution in [0.1, 0.15) is 51.4 Å². The van der Waals surface area contributed by atoms with Crippen LogP contribution in [0.15, 0.2) is 48.1 Å². The molecule has 2 aliphatic rings. The zero-order chi connectivity index (χ0) is 17.6. The second-order valence-electron chi connectivity index (χ2n) is 7.17. The standard InChI is InChI=1S/C21H19N3OS/c25-20(14-5-4-6-14)19-16-9-10-21(11-17(16)23-24-19,18-12-22-13-26-18)15-7-2-1-3-8-15/h1-3,7-10,12-14H,4-6,11H2,(H,23,24). The Morgan fingerprint density at radius 1 is 1.23 bits per heavy atom. The number of nitrogens with one attached hydrogen (secondary N) is 1. The van der Waals surface area contributed by atoms with Crippen molar-refractivity contribution in [1.82, 2.24) is 15.2 Å². The predicted molar refractivity (Wildman–Crippen MR) is 102 cm³/mol. The number of rotatable bonds is 4. The molecule has 0 amide bonds. The fraction of sp³-hybridized carbons (Fsp3) is 0.286. The number of aromatic nitrogens is 3. The smallest absolute Gasteiger partial charge is 0.186 e. The molecule has 1 aromatic carbocycles. The highest BCUT2D eigenvalue weighted by Crippen LogP contribution is 2.43. The van der Waals surface area contributed by atoms with Gasteiger partial charge in [-0.05, 0) is 18.4 Å². The molecule has 0 saturated heterocycles. The molecular formula is C21H19N3OS. The third-order valence-electron chi connectivity index (χ3n) is 5.74. The van der Waals surface area contributed by atoms with E-state index >= 15 is 0 Å². The molecule has 1 fully saturated rings. The summed E-state index contributed by atoms with van der Waals surface area (Å²) >= 11 is 1.66. The van der Waals surface area contributed by atoms with Gasteiger partial charge in [0.25, 0.3) is 0 Å². The number of carbonyl (C=O) groups excluding carboxylic acids is 1. The van der Waals surface area contributed by atoms with Gasteiger partial charge >= 0.3 is 0 Å². The number of H-pyrrole nitrogens is 1. The maximum absolute atomic E-state index is 12.7. The van der Waals surface area contributed by atoms with Crippen LogP contribution in [-0.4, -0.2) is 21.0 Å². The predicted octanol–water partition coefficient (Wildman–Crippen LogP) is 4.40. The monoisotopic (exact) mass is 361 g/mol. The fourth-order valence-electron chi connectivity index (χ4n) is 4.00. The molecule has 5 rings (SSSR count). The van der Waals surface area contributed by atoms with Gasteiger partial charge in [-0.2, -0.15) is 5.10 Å². The van der Waals surface area contributed by atoms with Crippen LogP contribution >= 0.6 is 11.3 Å². The lowest BCUT2D eigenvalue weighted by atomic mass is 9.71. The van der Waals surface area contributed by atoms with Gasteiger partial charge in [0, 0.05) is 34.7 Å². The minimum absolute atomic E-state index is 0.165. The summed E-state index contributed by atoms with van der Waals surface area (Å²) in [5, 5.41) is 7.56. The van der Waals surface area contributed by atoms with Crippen LogP contribution in [0.4, 0.5) is 0 Å². The summed E-state index contributed by atoms with van der Waals surface area (Å²) in [6.45, 7) is 0. The first-order valence-corrected chi connectivity index (χ1v) is 9.91. The molecule has 2 heterocycles. The van der Waals surface area contributed by atoms with Gasteiger partial charge in [0.2, 0.25) is 0 Å². The molecule has 130 valence electrons. The Morgan fingerprint density at radius 3 is 2.77 bits per heavy atom. The Bertz CT molecular complexity index is 970. The van der Waals surface area contributed by atoms with E-state index in [9.17, 15) is 4.79 Å².